The number of hydrogen-bond donors (Lipinski definition) is 4. The van der Waals surface area contributed by atoms with Gasteiger partial charge in [-0.15, -0.1) is 0 Å². The van der Waals surface area contributed by atoms with Crippen molar-refractivity contribution in [2.45, 2.75) is 69.6 Å². The maximum Gasteiger partial charge on any atom is 0.225 e. The van der Waals surface area contributed by atoms with Gasteiger partial charge >= 0.3 is 0 Å². The molecule has 2 aliphatic carbocycles. The lowest BCUT2D eigenvalue weighted by Crippen LogP contribution is -2.36. The minimum atomic E-state index is -1.09. The highest BCUT2D eigenvalue weighted by atomic mass is 19.1. The number of aliphatic hydroxyl groups excluding tert-OH is 1. The highest BCUT2D eigenvalue weighted by Crippen LogP contribution is 2.37. The lowest BCUT2D eigenvalue weighted by Gasteiger charge is -2.29. The van der Waals surface area contributed by atoms with Crippen LogP contribution in [-0.4, -0.2) is 42.7 Å². The molecule has 0 radical (unpaired) electrons. The molecule has 1 amide bonds. The smallest absolute Gasteiger partial charge is 0.225 e. The number of hydrogen-bond acceptors (Lipinski definition) is 7. The van der Waals surface area contributed by atoms with E-state index in [1.165, 1.54) is 6.20 Å². The number of amides is 1. The molecule has 2 fully saturated rings. The molecule has 0 aliphatic heterocycles. The van der Waals surface area contributed by atoms with Crippen LogP contribution in [0.3, 0.4) is 0 Å². The van der Waals surface area contributed by atoms with E-state index in [2.05, 4.69) is 25.6 Å². The first-order chi connectivity index (χ1) is 17.3. The average Bonchev–Trinajstić information content (AvgIpc) is 3.20. The molecule has 2 aromatic heterocycles. The molecule has 12 heteroatoms. The Labute approximate surface area is 205 Å². The second-order valence-corrected chi connectivity index (χ2v) is 9.59. The van der Waals surface area contributed by atoms with Crippen LogP contribution >= 0.6 is 0 Å². The van der Waals surface area contributed by atoms with E-state index in [4.69, 9.17) is 5.73 Å². The van der Waals surface area contributed by atoms with E-state index >= 15 is 0 Å². The second kappa shape index (κ2) is 9.92. The molecule has 9 nitrogen and oxygen atoms in total. The highest BCUT2D eigenvalue weighted by Gasteiger charge is 2.30. The van der Waals surface area contributed by atoms with E-state index in [-0.39, 0.29) is 29.9 Å². The molecule has 5 rings (SSSR count). The molecule has 192 valence electrons. The van der Waals surface area contributed by atoms with Crippen LogP contribution in [0.5, 0.6) is 0 Å². The molecule has 2 unspecified atom stereocenters. The van der Waals surface area contributed by atoms with Crippen LogP contribution in [0.15, 0.2) is 18.3 Å². The maximum atomic E-state index is 14.4. The van der Waals surface area contributed by atoms with Crippen LogP contribution in [0, 0.1) is 23.4 Å². The van der Waals surface area contributed by atoms with Gasteiger partial charge in [0.25, 0.3) is 0 Å². The third kappa shape index (κ3) is 4.81. The van der Waals surface area contributed by atoms with Crippen molar-refractivity contribution in [2.24, 2.45) is 11.7 Å². The number of rotatable bonds is 6. The van der Waals surface area contributed by atoms with Crippen molar-refractivity contribution in [2.75, 3.05) is 10.6 Å². The van der Waals surface area contributed by atoms with Gasteiger partial charge in [-0.2, -0.15) is 4.98 Å². The predicted octanol–water partition coefficient (Wildman–Crippen LogP) is 3.92. The lowest BCUT2D eigenvalue weighted by molar-refractivity contribution is -0.122. The predicted molar refractivity (Wildman–Crippen MR) is 127 cm³/mol. The van der Waals surface area contributed by atoms with Crippen LogP contribution in [0.25, 0.3) is 11.2 Å². The van der Waals surface area contributed by atoms with Gasteiger partial charge in [0.15, 0.2) is 17.3 Å². The van der Waals surface area contributed by atoms with Gasteiger partial charge in [-0.1, -0.05) is 12.8 Å². The van der Waals surface area contributed by atoms with Gasteiger partial charge in [0.05, 0.1) is 18.3 Å². The molecule has 0 spiro atoms. The molecule has 2 heterocycles. The topological polar surface area (TPSA) is 131 Å². The monoisotopic (exact) mass is 503 g/mol. The summed E-state index contributed by atoms with van der Waals surface area (Å²) in [6.45, 7) is 0. The van der Waals surface area contributed by atoms with Gasteiger partial charge < -0.3 is 21.5 Å². The summed E-state index contributed by atoms with van der Waals surface area (Å²) in [6, 6.07) is 0.822. The van der Waals surface area contributed by atoms with Crippen LogP contribution in [-0.2, 0) is 4.79 Å². The van der Waals surface area contributed by atoms with E-state index in [9.17, 15) is 23.1 Å². The van der Waals surface area contributed by atoms with E-state index in [1.54, 1.807) is 4.57 Å². The molecule has 3 aromatic rings. The summed E-state index contributed by atoms with van der Waals surface area (Å²) in [5, 5.41) is 16.2. The Balaban J connectivity index is 1.53. The first kappa shape index (κ1) is 24.3. The fraction of sp³-hybridized carbons (Fsp3) is 0.500. The Hall–Kier alpha value is -3.41. The summed E-state index contributed by atoms with van der Waals surface area (Å²) in [5.41, 5.74) is 5.79. The molecule has 1 aromatic carbocycles. The largest absolute Gasteiger partial charge is 0.391 e. The SMILES string of the molecule is NC(=O)C1CCC(n2c(Nc3c(F)cc(F)cc3F)nc3cnc(NC4CCCCC4O)nc32)CC1. The van der Waals surface area contributed by atoms with Crippen LogP contribution in [0.2, 0.25) is 0 Å². The Morgan fingerprint density at radius 1 is 1.03 bits per heavy atom. The number of carbonyl (C=O) groups excluding carboxylic acids is 1. The van der Waals surface area contributed by atoms with Crippen molar-refractivity contribution < 1.29 is 23.1 Å². The van der Waals surface area contributed by atoms with E-state index in [1.807, 2.05) is 0 Å². The van der Waals surface area contributed by atoms with Crippen molar-refractivity contribution >= 4 is 34.7 Å². The number of nitrogens with one attached hydrogen (secondary N) is 2. The zero-order valence-corrected chi connectivity index (χ0v) is 19.6. The van der Waals surface area contributed by atoms with E-state index < -0.39 is 29.2 Å². The van der Waals surface area contributed by atoms with Gasteiger partial charge in [0.1, 0.15) is 17.0 Å². The third-order valence-corrected chi connectivity index (χ3v) is 7.18. The van der Waals surface area contributed by atoms with Crippen molar-refractivity contribution in [3.05, 3.63) is 35.8 Å². The number of halogens is 3. The van der Waals surface area contributed by atoms with E-state index in [0.717, 1.165) is 19.3 Å². The molecule has 2 atom stereocenters. The highest BCUT2D eigenvalue weighted by molar-refractivity contribution is 5.78. The molecule has 2 aliphatic rings. The summed E-state index contributed by atoms with van der Waals surface area (Å²) < 4.78 is 44.1. The van der Waals surface area contributed by atoms with Gasteiger partial charge in [-0.3, -0.25) is 9.36 Å². The van der Waals surface area contributed by atoms with Gasteiger partial charge in [0, 0.05) is 24.1 Å². The normalized spacial score (nSPS) is 24.6. The van der Waals surface area contributed by atoms with Crippen LogP contribution in [0.1, 0.15) is 57.4 Å². The zero-order chi connectivity index (χ0) is 25.4. The first-order valence-corrected chi connectivity index (χ1v) is 12.2. The quantitative estimate of drug-likeness (QED) is 0.401. The van der Waals surface area contributed by atoms with Gasteiger partial charge in [0.2, 0.25) is 17.8 Å². The molecule has 2 saturated carbocycles. The number of primary amides is 1. The number of aliphatic hydroxyl groups is 1. The summed E-state index contributed by atoms with van der Waals surface area (Å²) in [5.74, 6) is -3.37. The number of imidazole rings is 1. The standard InChI is InChI=1S/C24H28F3N7O2/c25-13-9-15(26)20(16(27)10-13)32-24-31-18-11-29-23(30-17-3-1-2-4-19(17)35)33-22(18)34(24)14-7-5-12(6-8-14)21(28)36/h9-12,14,17,19,35H,1-8H2,(H2,28,36)(H,31,32)(H,29,30,33). The Bertz CT molecular complexity index is 1250. The number of carbonyl (C=O) groups is 1. The van der Waals surface area contributed by atoms with Crippen molar-refractivity contribution in [3.8, 4) is 0 Å². The number of nitrogens with zero attached hydrogens (tertiary/aromatic N) is 4. The Morgan fingerprint density at radius 3 is 2.39 bits per heavy atom. The minimum absolute atomic E-state index is 0.126. The Morgan fingerprint density at radius 2 is 1.72 bits per heavy atom. The summed E-state index contributed by atoms with van der Waals surface area (Å²) in [4.78, 5) is 25.1. The summed E-state index contributed by atoms with van der Waals surface area (Å²) in [6.07, 6.45) is 6.71. The van der Waals surface area contributed by atoms with Gasteiger partial charge in [-0.05, 0) is 38.5 Å². The molecule has 5 N–H and O–H groups in total. The average molecular weight is 504 g/mol. The van der Waals surface area contributed by atoms with Crippen LogP contribution < -0.4 is 16.4 Å². The maximum absolute atomic E-state index is 14.4. The lowest BCUT2D eigenvalue weighted by atomic mass is 9.85. The number of nitrogens with two attached hydrogens (primary N) is 1. The third-order valence-electron chi connectivity index (χ3n) is 7.18. The molecule has 36 heavy (non-hydrogen) atoms. The second-order valence-electron chi connectivity index (χ2n) is 9.59. The summed E-state index contributed by atoms with van der Waals surface area (Å²) >= 11 is 0. The number of benzene rings is 1. The van der Waals surface area contributed by atoms with E-state index in [0.29, 0.717) is 61.3 Å². The van der Waals surface area contributed by atoms with Gasteiger partial charge in [-0.25, -0.2) is 23.1 Å². The number of anilines is 3. The molecule has 0 saturated heterocycles. The molecular weight excluding hydrogens is 475 g/mol. The van der Waals surface area contributed by atoms with Crippen molar-refractivity contribution in [3.63, 3.8) is 0 Å². The number of fused-ring (bicyclic) bond motifs is 1. The first-order valence-electron chi connectivity index (χ1n) is 12.2. The fourth-order valence-corrected chi connectivity index (χ4v) is 5.23. The Kier molecular flexibility index (Phi) is 6.69. The minimum Gasteiger partial charge on any atom is -0.391 e. The number of aromatic nitrogens is 4. The molecule has 0 bridgehead atoms. The van der Waals surface area contributed by atoms with Crippen molar-refractivity contribution in [1.82, 2.24) is 19.5 Å². The fourth-order valence-electron chi connectivity index (χ4n) is 5.23. The summed E-state index contributed by atoms with van der Waals surface area (Å²) in [7, 11) is 0. The van der Waals surface area contributed by atoms with Crippen molar-refractivity contribution in [1.29, 1.82) is 0 Å². The zero-order valence-electron chi connectivity index (χ0n) is 19.6. The molecular formula is C24H28F3N7O2. The van der Waals surface area contributed by atoms with Crippen LogP contribution in [0.4, 0.5) is 30.8 Å².